The molecule has 2 aromatic carbocycles. The molecule has 3 nitrogen and oxygen atoms in total. The summed E-state index contributed by atoms with van der Waals surface area (Å²) in [5.41, 5.74) is 1.66. The van der Waals surface area contributed by atoms with Gasteiger partial charge in [0.25, 0.3) is 0 Å². The first-order chi connectivity index (χ1) is 12.7. The summed E-state index contributed by atoms with van der Waals surface area (Å²) in [5, 5.41) is 3.63. The van der Waals surface area contributed by atoms with Gasteiger partial charge in [-0.1, -0.05) is 81.4 Å². The third-order valence-electron chi connectivity index (χ3n) is 6.09. The van der Waals surface area contributed by atoms with Crippen LogP contribution in [0.15, 0.2) is 60.7 Å². The van der Waals surface area contributed by atoms with Crippen molar-refractivity contribution < 1.29 is 9.08 Å². The molecule has 143 valence electrons. The van der Waals surface area contributed by atoms with Crippen LogP contribution in [0, 0.1) is 0 Å². The molecule has 27 heavy (non-hydrogen) atoms. The number of rotatable bonds is 5. The van der Waals surface area contributed by atoms with E-state index in [1.807, 2.05) is 12.1 Å². The molecule has 0 saturated carbocycles. The molecule has 1 heterocycles. The molecule has 0 spiro atoms. The van der Waals surface area contributed by atoms with Crippen molar-refractivity contribution in [1.82, 2.24) is 5.23 Å². The molecule has 1 aliphatic rings. The van der Waals surface area contributed by atoms with Crippen LogP contribution in [0.1, 0.15) is 38.8 Å². The quantitative estimate of drug-likeness (QED) is 0.752. The lowest BCUT2D eigenvalue weighted by Gasteiger charge is -2.44. The standard InChI is InChI=1S/C22H31BNO2Si/c1-17(25-27(5,6)21(2,3)4)20-22(26-23-24-20,18-13-9-7-10-14-18)19-15-11-8-12-16-19/h7-17,20,24H,1-6H3/t17-,20-/m1/s1. The van der Waals surface area contributed by atoms with Crippen LogP contribution >= 0.6 is 0 Å². The maximum Gasteiger partial charge on any atom is 0.397 e. The minimum atomic E-state index is -1.91. The van der Waals surface area contributed by atoms with E-state index >= 15 is 0 Å². The lowest BCUT2D eigenvalue weighted by Crippen LogP contribution is -2.54. The molecule has 0 aromatic heterocycles. The summed E-state index contributed by atoms with van der Waals surface area (Å²) in [4.78, 5) is 0. The zero-order valence-corrected chi connectivity index (χ0v) is 18.3. The largest absolute Gasteiger partial charge is 0.413 e. The normalized spacial score (nSPS) is 20.9. The van der Waals surface area contributed by atoms with Crippen LogP contribution in [0.4, 0.5) is 0 Å². The van der Waals surface area contributed by atoms with E-state index in [1.54, 1.807) is 7.62 Å². The second-order valence-corrected chi connectivity index (χ2v) is 13.7. The van der Waals surface area contributed by atoms with Gasteiger partial charge in [0.2, 0.25) is 0 Å². The summed E-state index contributed by atoms with van der Waals surface area (Å²) >= 11 is 0. The van der Waals surface area contributed by atoms with Gasteiger partial charge in [-0.3, -0.25) is 0 Å². The highest BCUT2D eigenvalue weighted by Crippen LogP contribution is 2.43. The molecule has 0 bridgehead atoms. The molecule has 0 unspecified atom stereocenters. The van der Waals surface area contributed by atoms with Gasteiger partial charge in [0.15, 0.2) is 8.32 Å². The smallest absolute Gasteiger partial charge is 0.397 e. The van der Waals surface area contributed by atoms with E-state index in [2.05, 4.69) is 94.5 Å². The third kappa shape index (κ3) is 3.79. The Bertz CT molecular complexity index is 706. The maximum atomic E-state index is 6.76. The molecular formula is C22H31BNO2Si. The van der Waals surface area contributed by atoms with E-state index in [9.17, 15) is 0 Å². The molecular weight excluding hydrogens is 349 g/mol. The molecule has 1 fully saturated rings. The highest BCUT2D eigenvalue weighted by atomic mass is 28.4. The van der Waals surface area contributed by atoms with Crippen molar-refractivity contribution in [2.45, 2.75) is 63.6 Å². The van der Waals surface area contributed by atoms with Gasteiger partial charge in [0, 0.05) is 0 Å². The number of benzene rings is 2. The van der Waals surface area contributed by atoms with Gasteiger partial charge < -0.3 is 14.3 Å². The third-order valence-corrected chi connectivity index (χ3v) is 10.7. The molecule has 1 N–H and O–H groups in total. The Kier molecular flexibility index (Phi) is 5.69. The average molecular weight is 380 g/mol. The van der Waals surface area contributed by atoms with Crippen LogP contribution < -0.4 is 5.23 Å². The van der Waals surface area contributed by atoms with E-state index in [1.165, 1.54) is 0 Å². The second kappa shape index (κ2) is 7.55. The van der Waals surface area contributed by atoms with Crippen LogP contribution in [-0.2, 0) is 14.7 Å². The molecule has 1 radical (unpaired) electrons. The highest BCUT2D eigenvalue weighted by Gasteiger charge is 2.51. The van der Waals surface area contributed by atoms with Crippen molar-refractivity contribution in [2.75, 3.05) is 0 Å². The van der Waals surface area contributed by atoms with Crippen molar-refractivity contribution in [3.63, 3.8) is 0 Å². The van der Waals surface area contributed by atoms with Crippen LogP contribution in [0.3, 0.4) is 0 Å². The fraction of sp³-hybridized carbons (Fsp3) is 0.455. The summed E-state index contributed by atoms with van der Waals surface area (Å²) in [6.45, 7) is 13.6. The Hall–Kier alpha value is -1.40. The Morgan fingerprint density at radius 1 is 1.00 bits per heavy atom. The van der Waals surface area contributed by atoms with Crippen molar-refractivity contribution in [3.05, 3.63) is 71.8 Å². The van der Waals surface area contributed by atoms with Crippen molar-refractivity contribution >= 4 is 15.9 Å². The lowest BCUT2D eigenvalue weighted by atomic mass is 9.78. The van der Waals surface area contributed by atoms with Crippen LogP contribution in [0.25, 0.3) is 0 Å². The Labute approximate surface area is 165 Å². The van der Waals surface area contributed by atoms with Crippen LogP contribution in [-0.4, -0.2) is 28.1 Å². The summed E-state index contributed by atoms with van der Waals surface area (Å²) < 4.78 is 13.1. The Morgan fingerprint density at radius 3 is 1.93 bits per heavy atom. The van der Waals surface area contributed by atoms with E-state index < -0.39 is 13.9 Å². The maximum absolute atomic E-state index is 6.76. The Balaban J connectivity index is 2.03. The first-order valence-electron chi connectivity index (χ1n) is 9.73. The van der Waals surface area contributed by atoms with Gasteiger partial charge in [0.1, 0.15) is 5.60 Å². The molecule has 3 rings (SSSR count). The fourth-order valence-corrected chi connectivity index (χ4v) is 5.02. The molecule has 0 aliphatic carbocycles. The summed E-state index contributed by atoms with van der Waals surface area (Å²) in [6.07, 6.45) is -0.00921. The lowest BCUT2D eigenvalue weighted by molar-refractivity contribution is 0.0520. The summed E-state index contributed by atoms with van der Waals surface area (Å²) in [7, 11) is -0.177. The molecule has 0 amide bonds. The minimum absolute atomic E-state index is 0.00921. The van der Waals surface area contributed by atoms with Crippen LogP contribution in [0.2, 0.25) is 18.1 Å². The SMILES string of the molecule is C[C@@H](O[Si](C)(C)C(C)(C)C)[C@H]1N[B]OC1(c1ccccc1)c1ccccc1. The minimum Gasteiger partial charge on any atom is -0.413 e. The van der Waals surface area contributed by atoms with Gasteiger partial charge in [-0.25, -0.2) is 0 Å². The van der Waals surface area contributed by atoms with Crippen LogP contribution in [0.5, 0.6) is 0 Å². The zero-order valence-electron chi connectivity index (χ0n) is 17.3. The topological polar surface area (TPSA) is 30.5 Å². The molecule has 1 aliphatic heterocycles. The summed E-state index contributed by atoms with van der Waals surface area (Å²) in [6, 6.07) is 20.9. The van der Waals surface area contributed by atoms with Gasteiger partial charge in [-0.05, 0) is 36.2 Å². The number of hydrogen-bond acceptors (Lipinski definition) is 3. The second-order valence-electron chi connectivity index (χ2n) is 8.93. The van der Waals surface area contributed by atoms with E-state index in [4.69, 9.17) is 9.08 Å². The first kappa shape index (κ1) is 20.3. The molecule has 2 aromatic rings. The molecule has 2 atom stereocenters. The fourth-order valence-electron chi connectivity index (χ4n) is 3.60. The average Bonchev–Trinajstić information content (AvgIpc) is 3.08. The number of hydrogen-bond donors (Lipinski definition) is 1. The number of nitrogens with one attached hydrogen (secondary N) is 1. The van der Waals surface area contributed by atoms with Crippen molar-refractivity contribution in [2.24, 2.45) is 0 Å². The monoisotopic (exact) mass is 380 g/mol. The predicted octanol–water partition coefficient (Wildman–Crippen LogP) is 4.86. The summed E-state index contributed by atoms with van der Waals surface area (Å²) in [5.74, 6) is 0. The zero-order chi connectivity index (χ0) is 19.7. The Morgan fingerprint density at radius 2 is 1.48 bits per heavy atom. The van der Waals surface area contributed by atoms with E-state index in [-0.39, 0.29) is 17.2 Å². The first-order valence-corrected chi connectivity index (χ1v) is 12.6. The highest BCUT2D eigenvalue weighted by molar-refractivity contribution is 6.74. The van der Waals surface area contributed by atoms with Gasteiger partial charge in [-0.15, -0.1) is 0 Å². The van der Waals surface area contributed by atoms with Gasteiger partial charge in [-0.2, -0.15) is 0 Å². The van der Waals surface area contributed by atoms with Crippen molar-refractivity contribution in [3.8, 4) is 0 Å². The van der Waals surface area contributed by atoms with Gasteiger partial charge >= 0.3 is 7.62 Å². The van der Waals surface area contributed by atoms with E-state index in [0.717, 1.165) is 11.1 Å². The van der Waals surface area contributed by atoms with Crippen molar-refractivity contribution in [1.29, 1.82) is 0 Å². The molecule has 5 heteroatoms. The van der Waals surface area contributed by atoms with E-state index in [0.29, 0.717) is 0 Å². The predicted molar refractivity (Wildman–Crippen MR) is 115 cm³/mol. The van der Waals surface area contributed by atoms with Gasteiger partial charge in [0.05, 0.1) is 12.1 Å². The molecule has 1 saturated heterocycles.